The van der Waals surface area contributed by atoms with E-state index >= 15 is 0 Å². The van der Waals surface area contributed by atoms with Crippen LogP contribution in [-0.2, 0) is 4.74 Å². The lowest BCUT2D eigenvalue weighted by atomic mass is 10.2. The van der Waals surface area contributed by atoms with E-state index in [0.717, 1.165) is 19.4 Å². The van der Waals surface area contributed by atoms with Crippen molar-refractivity contribution in [1.82, 2.24) is 10.1 Å². The third-order valence-electron chi connectivity index (χ3n) is 2.35. The Morgan fingerprint density at radius 2 is 2.50 bits per heavy atom. The van der Waals surface area contributed by atoms with Gasteiger partial charge in [0.15, 0.2) is 5.82 Å². The first kappa shape index (κ1) is 9.61. The molecule has 1 aromatic rings. The SMILES string of the molecule is CCC(O)c1noc(C2CCCO2)n1. The third-order valence-corrected chi connectivity index (χ3v) is 2.35. The molecule has 1 fully saturated rings. The number of nitrogens with zero attached hydrogens (tertiary/aromatic N) is 2. The van der Waals surface area contributed by atoms with Crippen LogP contribution in [0, 0.1) is 0 Å². The summed E-state index contributed by atoms with van der Waals surface area (Å²) in [5.74, 6) is 0.850. The predicted molar refractivity (Wildman–Crippen MR) is 47.5 cm³/mol. The average molecular weight is 198 g/mol. The average Bonchev–Trinajstić information content (AvgIpc) is 2.86. The fraction of sp³-hybridized carbons (Fsp3) is 0.778. The summed E-state index contributed by atoms with van der Waals surface area (Å²) in [5, 5.41) is 13.2. The number of aromatic nitrogens is 2. The Balaban J connectivity index is 2.08. The smallest absolute Gasteiger partial charge is 0.255 e. The Morgan fingerprint density at radius 1 is 1.64 bits per heavy atom. The predicted octanol–water partition coefficient (Wildman–Crippen LogP) is 1.36. The van der Waals surface area contributed by atoms with Gasteiger partial charge in [0.1, 0.15) is 12.2 Å². The molecule has 2 atom stereocenters. The maximum Gasteiger partial charge on any atom is 0.255 e. The number of aliphatic hydroxyl groups is 1. The lowest BCUT2D eigenvalue weighted by Crippen LogP contribution is -2.00. The molecule has 1 aliphatic heterocycles. The fourth-order valence-electron chi connectivity index (χ4n) is 1.47. The Labute approximate surface area is 82.1 Å². The van der Waals surface area contributed by atoms with Crippen molar-refractivity contribution >= 4 is 0 Å². The number of hydrogen-bond acceptors (Lipinski definition) is 5. The van der Waals surface area contributed by atoms with Crippen LogP contribution in [0.25, 0.3) is 0 Å². The van der Waals surface area contributed by atoms with Crippen molar-refractivity contribution in [2.75, 3.05) is 6.61 Å². The van der Waals surface area contributed by atoms with Gasteiger partial charge in [-0.2, -0.15) is 4.98 Å². The fourth-order valence-corrected chi connectivity index (χ4v) is 1.47. The van der Waals surface area contributed by atoms with E-state index in [-0.39, 0.29) is 6.10 Å². The quantitative estimate of drug-likeness (QED) is 0.794. The lowest BCUT2D eigenvalue weighted by Gasteiger charge is -2.01. The molecule has 0 spiro atoms. The van der Waals surface area contributed by atoms with E-state index in [1.165, 1.54) is 0 Å². The van der Waals surface area contributed by atoms with Gasteiger partial charge < -0.3 is 14.4 Å². The van der Waals surface area contributed by atoms with Crippen molar-refractivity contribution < 1.29 is 14.4 Å². The Morgan fingerprint density at radius 3 is 3.14 bits per heavy atom. The Kier molecular flexibility index (Phi) is 2.79. The number of aliphatic hydroxyl groups excluding tert-OH is 1. The molecule has 14 heavy (non-hydrogen) atoms. The molecule has 5 heteroatoms. The highest BCUT2D eigenvalue weighted by atomic mass is 16.5. The van der Waals surface area contributed by atoms with Crippen LogP contribution in [0.4, 0.5) is 0 Å². The molecule has 1 saturated heterocycles. The summed E-state index contributed by atoms with van der Waals surface area (Å²) < 4.78 is 10.4. The van der Waals surface area contributed by atoms with Crippen molar-refractivity contribution in [2.45, 2.75) is 38.4 Å². The summed E-state index contributed by atoms with van der Waals surface area (Å²) in [6, 6.07) is 0. The second-order valence-electron chi connectivity index (χ2n) is 3.42. The molecule has 0 saturated carbocycles. The van der Waals surface area contributed by atoms with Gasteiger partial charge >= 0.3 is 0 Å². The highest BCUT2D eigenvalue weighted by Gasteiger charge is 2.25. The van der Waals surface area contributed by atoms with Crippen LogP contribution >= 0.6 is 0 Å². The molecule has 0 bridgehead atoms. The van der Waals surface area contributed by atoms with E-state index in [2.05, 4.69) is 10.1 Å². The topological polar surface area (TPSA) is 68.4 Å². The molecule has 1 aliphatic rings. The molecule has 0 aromatic carbocycles. The van der Waals surface area contributed by atoms with Crippen LogP contribution in [0.5, 0.6) is 0 Å². The molecule has 0 amide bonds. The zero-order valence-corrected chi connectivity index (χ0v) is 8.14. The second-order valence-corrected chi connectivity index (χ2v) is 3.42. The first-order valence-electron chi connectivity index (χ1n) is 4.94. The van der Waals surface area contributed by atoms with Crippen LogP contribution in [0.1, 0.15) is 50.1 Å². The van der Waals surface area contributed by atoms with Crippen LogP contribution in [0.3, 0.4) is 0 Å². The summed E-state index contributed by atoms with van der Waals surface area (Å²) in [6.45, 7) is 2.62. The first-order chi connectivity index (χ1) is 6.81. The summed E-state index contributed by atoms with van der Waals surface area (Å²) in [5.41, 5.74) is 0. The van der Waals surface area contributed by atoms with Crippen molar-refractivity contribution in [3.63, 3.8) is 0 Å². The maximum atomic E-state index is 9.46. The van der Waals surface area contributed by atoms with Crippen LogP contribution in [0.2, 0.25) is 0 Å². The number of ether oxygens (including phenoxy) is 1. The van der Waals surface area contributed by atoms with Gasteiger partial charge in [-0.3, -0.25) is 0 Å². The maximum absolute atomic E-state index is 9.46. The Hall–Kier alpha value is -0.940. The van der Waals surface area contributed by atoms with Gasteiger partial charge in [0.2, 0.25) is 0 Å². The van der Waals surface area contributed by atoms with Crippen molar-refractivity contribution in [1.29, 1.82) is 0 Å². The normalized spacial score (nSPS) is 24.0. The molecular weight excluding hydrogens is 184 g/mol. The minimum absolute atomic E-state index is 0.0692. The van der Waals surface area contributed by atoms with E-state index in [9.17, 15) is 5.11 Å². The summed E-state index contributed by atoms with van der Waals surface area (Å²) >= 11 is 0. The molecule has 1 N–H and O–H groups in total. The summed E-state index contributed by atoms with van der Waals surface area (Å²) in [6.07, 6.45) is 1.83. The van der Waals surface area contributed by atoms with Crippen molar-refractivity contribution in [3.8, 4) is 0 Å². The van der Waals surface area contributed by atoms with E-state index in [1.807, 2.05) is 6.92 Å². The zero-order valence-electron chi connectivity index (χ0n) is 8.14. The van der Waals surface area contributed by atoms with Gasteiger partial charge in [0, 0.05) is 6.61 Å². The lowest BCUT2D eigenvalue weighted by molar-refractivity contribution is 0.0835. The van der Waals surface area contributed by atoms with E-state index < -0.39 is 6.10 Å². The first-order valence-corrected chi connectivity index (χ1v) is 4.94. The van der Waals surface area contributed by atoms with Gasteiger partial charge in [0.05, 0.1) is 0 Å². The van der Waals surface area contributed by atoms with Crippen LogP contribution in [-0.4, -0.2) is 21.9 Å². The van der Waals surface area contributed by atoms with Crippen LogP contribution in [0.15, 0.2) is 4.52 Å². The second kappa shape index (κ2) is 4.06. The summed E-state index contributed by atoms with van der Waals surface area (Å²) in [7, 11) is 0. The molecule has 2 unspecified atom stereocenters. The van der Waals surface area contributed by atoms with Gasteiger partial charge in [-0.25, -0.2) is 0 Å². The Bertz CT molecular complexity index is 294. The molecule has 0 aliphatic carbocycles. The van der Waals surface area contributed by atoms with Gasteiger partial charge in [-0.1, -0.05) is 12.1 Å². The molecule has 1 aromatic heterocycles. The standard InChI is InChI=1S/C9H14N2O3/c1-2-6(12)8-10-9(14-11-8)7-4-3-5-13-7/h6-7,12H,2-5H2,1H3. The number of hydrogen-bond donors (Lipinski definition) is 1. The molecular formula is C9H14N2O3. The monoisotopic (exact) mass is 198 g/mol. The van der Waals surface area contributed by atoms with Crippen molar-refractivity contribution in [2.24, 2.45) is 0 Å². The third kappa shape index (κ3) is 1.78. The largest absolute Gasteiger partial charge is 0.385 e. The van der Waals surface area contributed by atoms with E-state index in [0.29, 0.717) is 18.1 Å². The highest BCUT2D eigenvalue weighted by molar-refractivity contribution is 4.94. The van der Waals surface area contributed by atoms with E-state index in [4.69, 9.17) is 9.26 Å². The molecule has 5 nitrogen and oxygen atoms in total. The summed E-state index contributed by atoms with van der Waals surface area (Å²) in [4.78, 5) is 4.11. The van der Waals surface area contributed by atoms with E-state index in [1.54, 1.807) is 0 Å². The minimum Gasteiger partial charge on any atom is -0.385 e. The minimum atomic E-state index is -0.631. The van der Waals surface area contributed by atoms with Gasteiger partial charge in [0.25, 0.3) is 5.89 Å². The molecule has 2 rings (SSSR count). The molecule has 78 valence electrons. The molecule has 2 heterocycles. The van der Waals surface area contributed by atoms with Gasteiger partial charge in [-0.15, -0.1) is 0 Å². The number of rotatable bonds is 3. The van der Waals surface area contributed by atoms with Crippen LogP contribution < -0.4 is 0 Å². The molecule has 0 radical (unpaired) electrons. The van der Waals surface area contributed by atoms with Gasteiger partial charge in [-0.05, 0) is 19.3 Å². The highest BCUT2D eigenvalue weighted by Crippen LogP contribution is 2.27. The van der Waals surface area contributed by atoms with Crippen molar-refractivity contribution in [3.05, 3.63) is 11.7 Å². The zero-order chi connectivity index (χ0) is 9.97.